The Morgan fingerprint density at radius 2 is 2.26 bits per heavy atom. The molecule has 2 N–H and O–H groups in total. The zero-order valence-corrected chi connectivity index (χ0v) is 13.3. The van der Waals surface area contributed by atoms with Crippen LogP contribution in [0, 0.1) is 11.7 Å². The molecule has 122 valence electrons. The average molecular weight is 336 g/mol. The van der Waals surface area contributed by atoms with Crippen LogP contribution in [-0.2, 0) is 9.53 Å². The third kappa shape index (κ3) is 3.13. The molecular weight excluding hydrogens is 319 g/mol. The third-order valence-corrected chi connectivity index (χ3v) is 5.05. The maximum absolute atomic E-state index is 14.0. The highest BCUT2D eigenvalue weighted by atomic mass is 32.1. The van der Waals surface area contributed by atoms with Gasteiger partial charge in [0.15, 0.2) is 16.8 Å². The highest BCUT2D eigenvalue weighted by Crippen LogP contribution is 2.35. The topological polar surface area (TPSA) is 76.1 Å². The van der Waals surface area contributed by atoms with E-state index in [2.05, 4.69) is 20.6 Å². The Hall–Kier alpha value is -1.80. The van der Waals surface area contributed by atoms with Crippen molar-refractivity contribution in [2.24, 2.45) is 5.92 Å². The first-order valence-corrected chi connectivity index (χ1v) is 8.62. The van der Waals surface area contributed by atoms with Crippen LogP contribution in [0.5, 0.6) is 0 Å². The summed E-state index contributed by atoms with van der Waals surface area (Å²) in [5.41, 5.74) is 0.246. The van der Waals surface area contributed by atoms with Crippen LogP contribution in [0.3, 0.4) is 0 Å². The summed E-state index contributed by atoms with van der Waals surface area (Å²) in [5, 5.41) is 6.71. The van der Waals surface area contributed by atoms with Crippen LogP contribution in [0.2, 0.25) is 0 Å². The van der Waals surface area contributed by atoms with Crippen molar-refractivity contribution in [3.63, 3.8) is 0 Å². The van der Waals surface area contributed by atoms with Gasteiger partial charge >= 0.3 is 0 Å². The normalized spacial score (nSPS) is 21.3. The van der Waals surface area contributed by atoms with Gasteiger partial charge in [-0.2, -0.15) is 0 Å². The third-order valence-electron chi connectivity index (χ3n) is 4.05. The fourth-order valence-electron chi connectivity index (χ4n) is 2.63. The van der Waals surface area contributed by atoms with Gasteiger partial charge in [0.1, 0.15) is 10.2 Å². The molecule has 2 aliphatic rings. The van der Waals surface area contributed by atoms with Crippen molar-refractivity contribution in [2.75, 3.05) is 23.8 Å². The molecule has 1 amide bonds. The van der Waals surface area contributed by atoms with E-state index in [9.17, 15) is 9.18 Å². The Morgan fingerprint density at radius 1 is 1.39 bits per heavy atom. The highest BCUT2D eigenvalue weighted by molar-refractivity contribution is 7.22. The fraction of sp³-hybridized carbons (Fsp3) is 0.533. The Balaban J connectivity index is 1.60. The summed E-state index contributed by atoms with van der Waals surface area (Å²) in [5.74, 6) is -0.0619. The molecule has 1 aliphatic carbocycles. The van der Waals surface area contributed by atoms with Gasteiger partial charge in [0.25, 0.3) is 0 Å². The maximum atomic E-state index is 14.0. The number of hydrogen-bond acceptors (Lipinski definition) is 6. The number of amides is 1. The van der Waals surface area contributed by atoms with Crippen molar-refractivity contribution in [1.29, 1.82) is 0 Å². The molecule has 2 fully saturated rings. The van der Waals surface area contributed by atoms with Gasteiger partial charge in [-0.15, -0.1) is 0 Å². The lowest BCUT2D eigenvalue weighted by Gasteiger charge is -2.22. The monoisotopic (exact) mass is 336 g/mol. The second kappa shape index (κ2) is 6.01. The number of ether oxygens (including phenoxy) is 1. The molecule has 4 rings (SSSR count). The lowest BCUT2D eigenvalue weighted by Crippen LogP contribution is -2.29. The number of nitrogens with one attached hydrogen (secondary N) is 2. The number of pyridine rings is 1. The number of rotatable bonds is 4. The van der Waals surface area contributed by atoms with E-state index in [1.54, 1.807) is 0 Å². The molecule has 6 nitrogen and oxygen atoms in total. The largest absolute Gasteiger partial charge is 0.379 e. The van der Waals surface area contributed by atoms with Crippen LogP contribution < -0.4 is 10.6 Å². The van der Waals surface area contributed by atoms with Crippen LogP contribution in [0.15, 0.2) is 6.20 Å². The van der Waals surface area contributed by atoms with Gasteiger partial charge in [-0.3, -0.25) is 4.79 Å². The summed E-state index contributed by atoms with van der Waals surface area (Å²) >= 11 is 1.31. The number of carbonyl (C=O) groups excluding carboxylic acids is 1. The highest BCUT2D eigenvalue weighted by Gasteiger charge is 2.30. The standard InChI is InChI=1S/C15H17FN4O2S/c16-10-6-17-13(20-14(21)8-3-4-8)12-11(10)19-15(23-12)18-9-2-1-5-22-7-9/h6,8-9H,1-5,7H2,(H,18,19)(H,17,20,21)/t9-/m0/s1. The number of carbonyl (C=O) groups is 1. The Kier molecular flexibility index (Phi) is 3.86. The van der Waals surface area contributed by atoms with Crippen molar-refractivity contribution in [2.45, 2.75) is 31.7 Å². The summed E-state index contributed by atoms with van der Waals surface area (Å²) in [6, 6.07) is 0.185. The molecule has 1 saturated carbocycles. The first-order chi connectivity index (χ1) is 11.2. The summed E-state index contributed by atoms with van der Waals surface area (Å²) in [6.07, 6.45) is 4.93. The molecule has 2 aromatic heterocycles. The molecule has 1 atom stereocenters. The van der Waals surface area contributed by atoms with E-state index in [0.717, 1.165) is 38.5 Å². The summed E-state index contributed by atoms with van der Waals surface area (Å²) < 4.78 is 20.0. The van der Waals surface area contributed by atoms with E-state index in [0.29, 0.717) is 22.3 Å². The number of anilines is 2. The lowest BCUT2D eigenvalue weighted by atomic mass is 10.1. The first-order valence-electron chi connectivity index (χ1n) is 7.81. The Morgan fingerprint density at radius 3 is 3.00 bits per heavy atom. The zero-order chi connectivity index (χ0) is 15.8. The SMILES string of the molecule is O=C(Nc1ncc(F)c2nc(N[C@H]3CCCOC3)sc12)C1CC1. The van der Waals surface area contributed by atoms with Gasteiger partial charge in [0.05, 0.1) is 18.8 Å². The van der Waals surface area contributed by atoms with Crippen LogP contribution in [0.25, 0.3) is 10.2 Å². The molecule has 3 heterocycles. The average Bonchev–Trinajstić information content (AvgIpc) is 3.32. The van der Waals surface area contributed by atoms with Gasteiger partial charge in [-0.25, -0.2) is 14.4 Å². The van der Waals surface area contributed by atoms with Crippen molar-refractivity contribution in [1.82, 2.24) is 9.97 Å². The molecule has 1 saturated heterocycles. The predicted octanol–water partition coefficient (Wildman–Crippen LogP) is 2.77. The molecule has 1 aliphatic heterocycles. The van der Waals surface area contributed by atoms with Gasteiger partial charge in [0, 0.05) is 12.5 Å². The first kappa shape index (κ1) is 14.8. The number of thiazole rings is 1. The molecule has 0 aromatic carbocycles. The molecule has 2 aromatic rings. The second-order valence-corrected chi connectivity index (χ2v) is 6.97. The van der Waals surface area contributed by atoms with Crippen LogP contribution >= 0.6 is 11.3 Å². The summed E-state index contributed by atoms with van der Waals surface area (Å²) in [7, 11) is 0. The van der Waals surface area contributed by atoms with E-state index in [4.69, 9.17) is 4.74 Å². The Bertz CT molecular complexity index is 740. The molecule has 0 spiro atoms. The van der Waals surface area contributed by atoms with Crippen molar-refractivity contribution in [3.05, 3.63) is 12.0 Å². The number of nitrogens with zero attached hydrogens (tertiary/aromatic N) is 2. The quantitative estimate of drug-likeness (QED) is 0.898. The van der Waals surface area contributed by atoms with Crippen molar-refractivity contribution in [3.8, 4) is 0 Å². The summed E-state index contributed by atoms with van der Waals surface area (Å²) in [6.45, 7) is 1.41. The van der Waals surface area contributed by atoms with Gasteiger partial charge < -0.3 is 15.4 Å². The minimum Gasteiger partial charge on any atom is -0.379 e. The maximum Gasteiger partial charge on any atom is 0.228 e. The van der Waals surface area contributed by atoms with Gasteiger partial charge in [-0.05, 0) is 25.7 Å². The number of halogens is 1. The molecule has 8 heteroatoms. The zero-order valence-electron chi connectivity index (χ0n) is 12.5. The van der Waals surface area contributed by atoms with E-state index < -0.39 is 5.82 Å². The van der Waals surface area contributed by atoms with E-state index in [-0.39, 0.29) is 23.4 Å². The van der Waals surface area contributed by atoms with Crippen molar-refractivity contribution < 1.29 is 13.9 Å². The predicted molar refractivity (Wildman–Crippen MR) is 86.2 cm³/mol. The smallest absolute Gasteiger partial charge is 0.228 e. The van der Waals surface area contributed by atoms with Gasteiger partial charge in [0.2, 0.25) is 5.91 Å². The molecule has 0 bridgehead atoms. The summed E-state index contributed by atoms with van der Waals surface area (Å²) in [4.78, 5) is 20.3. The lowest BCUT2D eigenvalue weighted by molar-refractivity contribution is -0.117. The van der Waals surface area contributed by atoms with Crippen LogP contribution in [0.4, 0.5) is 15.3 Å². The fourth-order valence-corrected chi connectivity index (χ4v) is 3.62. The molecule has 23 heavy (non-hydrogen) atoms. The molecule has 0 unspecified atom stereocenters. The number of hydrogen-bond donors (Lipinski definition) is 2. The second-order valence-electron chi connectivity index (χ2n) is 5.97. The number of fused-ring (bicyclic) bond motifs is 1. The van der Waals surface area contributed by atoms with Crippen molar-refractivity contribution >= 4 is 38.4 Å². The molecular formula is C15H17FN4O2S. The van der Waals surface area contributed by atoms with E-state index >= 15 is 0 Å². The van der Waals surface area contributed by atoms with E-state index in [1.165, 1.54) is 11.3 Å². The minimum absolute atomic E-state index is 0.0472. The van der Waals surface area contributed by atoms with Crippen LogP contribution in [0.1, 0.15) is 25.7 Å². The minimum atomic E-state index is -0.478. The Labute approximate surface area is 136 Å². The van der Waals surface area contributed by atoms with Gasteiger partial charge in [-0.1, -0.05) is 11.3 Å². The number of aromatic nitrogens is 2. The van der Waals surface area contributed by atoms with Crippen LogP contribution in [-0.4, -0.2) is 35.1 Å². The van der Waals surface area contributed by atoms with E-state index in [1.807, 2.05) is 0 Å². The molecule has 0 radical (unpaired) electrons.